The minimum atomic E-state index is 0.121. The van der Waals surface area contributed by atoms with E-state index in [-0.39, 0.29) is 5.91 Å². The molecule has 0 aliphatic rings. The molecule has 14 heavy (non-hydrogen) atoms. The molecule has 0 saturated heterocycles. The van der Waals surface area contributed by atoms with Crippen molar-refractivity contribution in [3.8, 4) is 0 Å². The molecule has 0 aliphatic carbocycles. The van der Waals surface area contributed by atoms with E-state index in [0.717, 1.165) is 13.0 Å². The van der Waals surface area contributed by atoms with Crippen LogP contribution in [0.25, 0.3) is 0 Å². The molecule has 1 rings (SSSR count). The number of hydrogen-bond donors (Lipinski definition) is 1. The molecule has 0 aliphatic heterocycles. The Morgan fingerprint density at radius 2 is 2.00 bits per heavy atom. The van der Waals surface area contributed by atoms with Crippen LogP contribution in [0.1, 0.15) is 18.9 Å². The number of halogens is 1. The van der Waals surface area contributed by atoms with Crippen molar-refractivity contribution in [2.45, 2.75) is 19.8 Å². The van der Waals surface area contributed by atoms with E-state index in [4.69, 9.17) is 0 Å². The quantitative estimate of drug-likeness (QED) is 0.850. The Morgan fingerprint density at radius 1 is 1.36 bits per heavy atom. The molecule has 1 aromatic carbocycles. The highest BCUT2D eigenvalue weighted by Crippen LogP contribution is 2.06. The molecule has 0 bridgehead atoms. The number of carbonyl (C=O) groups is 1. The van der Waals surface area contributed by atoms with Gasteiger partial charge in [-0.1, -0.05) is 19.1 Å². The van der Waals surface area contributed by atoms with Gasteiger partial charge in [-0.05, 0) is 46.7 Å². The van der Waals surface area contributed by atoms with Crippen molar-refractivity contribution < 1.29 is 4.79 Å². The summed E-state index contributed by atoms with van der Waals surface area (Å²) in [5.41, 5.74) is 1.27. The summed E-state index contributed by atoms with van der Waals surface area (Å²) in [6.07, 6.45) is 1.47. The molecule has 0 radical (unpaired) electrons. The summed E-state index contributed by atoms with van der Waals surface area (Å²) in [5, 5.41) is 2.85. The fourth-order valence-electron chi connectivity index (χ4n) is 1.12. The van der Waals surface area contributed by atoms with Gasteiger partial charge in [0.25, 0.3) is 0 Å². The van der Waals surface area contributed by atoms with E-state index in [2.05, 4.69) is 52.2 Å². The van der Waals surface area contributed by atoms with Crippen LogP contribution < -0.4 is 5.32 Å². The SMILES string of the molecule is CCC(=O)NCCc1ccc(I)cc1. The van der Waals surface area contributed by atoms with Gasteiger partial charge in [-0.3, -0.25) is 4.79 Å². The highest BCUT2D eigenvalue weighted by Gasteiger charge is 1.96. The molecular formula is C11H14INO. The van der Waals surface area contributed by atoms with Gasteiger partial charge in [0, 0.05) is 16.5 Å². The number of rotatable bonds is 4. The molecule has 0 spiro atoms. The molecule has 2 nitrogen and oxygen atoms in total. The van der Waals surface area contributed by atoms with Gasteiger partial charge >= 0.3 is 0 Å². The molecule has 1 amide bonds. The van der Waals surface area contributed by atoms with Crippen LogP contribution in [-0.2, 0) is 11.2 Å². The van der Waals surface area contributed by atoms with Gasteiger partial charge in [0.05, 0.1) is 0 Å². The van der Waals surface area contributed by atoms with Gasteiger partial charge in [-0.2, -0.15) is 0 Å². The van der Waals surface area contributed by atoms with Crippen molar-refractivity contribution in [1.29, 1.82) is 0 Å². The third-order valence-electron chi connectivity index (χ3n) is 1.97. The Labute approximate surface area is 98.2 Å². The standard InChI is InChI=1S/C11H14INO/c1-2-11(14)13-8-7-9-3-5-10(12)6-4-9/h3-6H,2,7-8H2,1H3,(H,13,14). The highest BCUT2D eigenvalue weighted by molar-refractivity contribution is 14.1. The Morgan fingerprint density at radius 3 is 2.57 bits per heavy atom. The van der Waals surface area contributed by atoms with Crippen LogP contribution in [0, 0.1) is 3.57 Å². The molecule has 0 atom stereocenters. The normalized spacial score (nSPS) is 9.86. The lowest BCUT2D eigenvalue weighted by Gasteiger charge is -2.03. The second-order valence-corrected chi connectivity index (χ2v) is 4.33. The predicted molar refractivity (Wildman–Crippen MR) is 66.2 cm³/mol. The van der Waals surface area contributed by atoms with E-state index >= 15 is 0 Å². The predicted octanol–water partition coefficient (Wildman–Crippen LogP) is 2.36. The molecule has 1 aromatic rings. The molecular weight excluding hydrogens is 289 g/mol. The van der Waals surface area contributed by atoms with Gasteiger partial charge in [-0.15, -0.1) is 0 Å². The lowest BCUT2D eigenvalue weighted by molar-refractivity contribution is -0.120. The minimum Gasteiger partial charge on any atom is -0.356 e. The molecule has 3 heteroatoms. The van der Waals surface area contributed by atoms with Crippen molar-refractivity contribution in [3.05, 3.63) is 33.4 Å². The fraction of sp³-hybridized carbons (Fsp3) is 0.364. The summed E-state index contributed by atoms with van der Waals surface area (Å²) in [4.78, 5) is 10.9. The molecule has 0 aromatic heterocycles. The van der Waals surface area contributed by atoms with E-state index in [1.54, 1.807) is 0 Å². The average molecular weight is 303 g/mol. The van der Waals surface area contributed by atoms with Crippen molar-refractivity contribution in [2.75, 3.05) is 6.54 Å². The first-order valence-corrected chi connectivity index (χ1v) is 5.81. The second-order valence-electron chi connectivity index (χ2n) is 3.08. The fourth-order valence-corrected chi connectivity index (χ4v) is 1.48. The first-order chi connectivity index (χ1) is 6.72. The number of carbonyl (C=O) groups excluding carboxylic acids is 1. The van der Waals surface area contributed by atoms with Gasteiger partial charge in [0.2, 0.25) is 5.91 Å². The molecule has 0 unspecified atom stereocenters. The third kappa shape index (κ3) is 4.09. The molecule has 76 valence electrons. The first kappa shape index (κ1) is 11.5. The zero-order valence-corrected chi connectivity index (χ0v) is 10.4. The third-order valence-corrected chi connectivity index (χ3v) is 2.69. The van der Waals surface area contributed by atoms with Crippen molar-refractivity contribution >= 4 is 28.5 Å². The van der Waals surface area contributed by atoms with Crippen molar-refractivity contribution in [1.82, 2.24) is 5.32 Å². The maximum Gasteiger partial charge on any atom is 0.219 e. The monoisotopic (exact) mass is 303 g/mol. The summed E-state index contributed by atoms with van der Waals surface area (Å²) in [5.74, 6) is 0.121. The molecule has 0 saturated carbocycles. The van der Waals surface area contributed by atoms with Gasteiger partial charge in [-0.25, -0.2) is 0 Å². The Balaban J connectivity index is 2.31. The van der Waals surface area contributed by atoms with Crippen molar-refractivity contribution in [3.63, 3.8) is 0 Å². The van der Waals surface area contributed by atoms with E-state index < -0.39 is 0 Å². The van der Waals surface area contributed by atoms with Crippen LogP contribution in [0.4, 0.5) is 0 Å². The van der Waals surface area contributed by atoms with Gasteiger partial charge < -0.3 is 5.32 Å². The van der Waals surface area contributed by atoms with Gasteiger partial charge in [0.15, 0.2) is 0 Å². The van der Waals surface area contributed by atoms with Crippen LogP contribution in [0.2, 0.25) is 0 Å². The molecule has 1 N–H and O–H groups in total. The van der Waals surface area contributed by atoms with E-state index in [1.165, 1.54) is 9.13 Å². The van der Waals surface area contributed by atoms with Crippen LogP contribution in [0.5, 0.6) is 0 Å². The topological polar surface area (TPSA) is 29.1 Å². The Kier molecular flexibility index (Phi) is 4.93. The smallest absolute Gasteiger partial charge is 0.219 e. The number of amides is 1. The zero-order chi connectivity index (χ0) is 10.4. The number of hydrogen-bond acceptors (Lipinski definition) is 1. The number of nitrogens with one attached hydrogen (secondary N) is 1. The summed E-state index contributed by atoms with van der Waals surface area (Å²) in [6.45, 7) is 2.59. The van der Waals surface area contributed by atoms with Crippen LogP contribution in [-0.4, -0.2) is 12.5 Å². The van der Waals surface area contributed by atoms with E-state index in [9.17, 15) is 4.79 Å². The lowest BCUT2D eigenvalue weighted by Crippen LogP contribution is -2.24. The molecule has 0 fully saturated rings. The number of benzene rings is 1. The Hall–Kier alpha value is -0.580. The lowest BCUT2D eigenvalue weighted by atomic mass is 10.1. The van der Waals surface area contributed by atoms with Crippen LogP contribution in [0.3, 0.4) is 0 Å². The average Bonchev–Trinajstić information content (AvgIpc) is 2.21. The van der Waals surface area contributed by atoms with E-state index in [1.807, 2.05) is 6.92 Å². The summed E-state index contributed by atoms with van der Waals surface area (Å²) in [6, 6.07) is 8.36. The van der Waals surface area contributed by atoms with Crippen LogP contribution >= 0.6 is 22.6 Å². The van der Waals surface area contributed by atoms with Crippen LogP contribution in [0.15, 0.2) is 24.3 Å². The minimum absolute atomic E-state index is 0.121. The Bertz CT molecular complexity index is 295. The largest absolute Gasteiger partial charge is 0.356 e. The molecule has 0 heterocycles. The van der Waals surface area contributed by atoms with E-state index in [0.29, 0.717) is 6.42 Å². The zero-order valence-electron chi connectivity index (χ0n) is 8.22. The highest BCUT2D eigenvalue weighted by atomic mass is 127. The maximum atomic E-state index is 10.9. The summed E-state index contributed by atoms with van der Waals surface area (Å²) in [7, 11) is 0. The van der Waals surface area contributed by atoms with Crippen molar-refractivity contribution in [2.24, 2.45) is 0 Å². The summed E-state index contributed by atoms with van der Waals surface area (Å²) < 4.78 is 1.24. The first-order valence-electron chi connectivity index (χ1n) is 4.73. The second kappa shape index (κ2) is 6.01. The van der Waals surface area contributed by atoms with Gasteiger partial charge in [0.1, 0.15) is 0 Å². The summed E-state index contributed by atoms with van der Waals surface area (Å²) >= 11 is 2.28. The maximum absolute atomic E-state index is 10.9.